The zero-order valence-corrected chi connectivity index (χ0v) is 12.1. The van der Waals surface area contributed by atoms with Crippen molar-refractivity contribution in [3.05, 3.63) is 50.1 Å². The summed E-state index contributed by atoms with van der Waals surface area (Å²) in [5.41, 5.74) is 2.04. The van der Waals surface area contributed by atoms with E-state index in [1.165, 1.54) is 4.88 Å². The number of rotatable bonds is 4. The average Bonchev–Trinajstić information content (AvgIpc) is 2.72. The maximum Gasteiger partial charge on any atom is 0.335 e. The Bertz CT molecular complexity index is 580. The van der Waals surface area contributed by atoms with Crippen molar-refractivity contribution in [3.8, 4) is 0 Å². The van der Waals surface area contributed by atoms with Crippen LogP contribution in [0.4, 0.5) is 5.69 Å². The summed E-state index contributed by atoms with van der Waals surface area (Å²) in [7, 11) is 0. The first-order valence-electron chi connectivity index (χ1n) is 5.37. The van der Waals surface area contributed by atoms with Crippen LogP contribution in [0.15, 0.2) is 34.1 Å². The van der Waals surface area contributed by atoms with E-state index in [4.69, 9.17) is 5.11 Å². The number of anilines is 1. The second kappa shape index (κ2) is 5.54. The summed E-state index contributed by atoms with van der Waals surface area (Å²) in [6, 6.07) is 7.28. The first-order valence-corrected chi connectivity index (χ1v) is 7.05. The van der Waals surface area contributed by atoms with Crippen LogP contribution in [0.25, 0.3) is 0 Å². The van der Waals surface area contributed by atoms with E-state index in [1.54, 1.807) is 30.4 Å². The molecular formula is C13H12BrNO2S. The topological polar surface area (TPSA) is 49.3 Å². The quantitative estimate of drug-likeness (QED) is 0.888. The van der Waals surface area contributed by atoms with Gasteiger partial charge in [0.1, 0.15) is 0 Å². The highest BCUT2D eigenvalue weighted by Crippen LogP contribution is 2.24. The van der Waals surface area contributed by atoms with Crippen LogP contribution in [-0.2, 0) is 6.54 Å². The highest BCUT2D eigenvalue weighted by molar-refractivity contribution is 9.10. The minimum Gasteiger partial charge on any atom is -0.478 e. The standard InChI is InChI=1S/C13H12BrNO2S/c1-8-6-9(2-3-10(8)13(16)17)15-7-12-11(14)4-5-18-12/h2-6,15H,7H2,1H3,(H,16,17). The maximum atomic E-state index is 10.9. The summed E-state index contributed by atoms with van der Waals surface area (Å²) >= 11 is 5.16. The average molecular weight is 326 g/mol. The first-order chi connectivity index (χ1) is 8.58. The number of carboxylic acid groups (broad SMARTS) is 1. The number of carboxylic acids is 1. The van der Waals surface area contributed by atoms with E-state index in [9.17, 15) is 4.79 Å². The lowest BCUT2D eigenvalue weighted by Gasteiger charge is -2.08. The van der Waals surface area contributed by atoms with Crippen LogP contribution in [0.5, 0.6) is 0 Å². The second-order valence-corrected chi connectivity index (χ2v) is 5.74. The maximum absolute atomic E-state index is 10.9. The summed E-state index contributed by atoms with van der Waals surface area (Å²) in [6.45, 7) is 2.53. The minimum atomic E-state index is -0.889. The van der Waals surface area contributed by atoms with Crippen molar-refractivity contribution in [2.45, 2.75) is 13.5 Å². The van der Waals surface area contributed by atoms with Crippen molar-refractivity contribution in [1.82, 2.24) is 0 Å². The lowest BCUT2D eigenvalue weighted by Crippen LogP contribution is -2.02. The Kier molecular flexibility index (Phi) is 4.04. The number of hydrogen-bond donors (Lipinski definition) is 2. The number of benzene rings is 1. The molecule has 1 aromatic heterocycles. The summed E-state index contributed by atoms with van der Waals surface area (Å²) in [6.07, 6.45) is 0. The molecule has 0 radical (unpaired) electrons. The van der Waals surface area contributed by atoms with E-state index in [0.29, 0.717) is 5.56 Å². The van der Waals surface area contributed by atoms with Crippen LogP contribution < -0.4 is 5.32 Å². The van der Waals surface area contributed by atoms with E-state index in [1.807, 2.05) is 17.5 Å². The van der Waals surface area contributed by atoms with Crippen molar-refractivity contribution in [3.63, 3.8) is 0 Å². The van der Waals surface area contributed by atoms with Gasteiger partial charge in [0.05, 0.1) is 12.1 Å². The normalized spacial score (nSPS) is 10.3. The molecule has 3 nitrogen and oxygen atoms in total. The molecule has 0 atom stereocenters. The first kappa shape index (κ1) is 13.1. The number of halogens is 1. The Balaban J connectivity index is 2.09. The Morgan fingerprint density at radius 3 is 2.78 bits per heavy atom. The molecule has 2 aromatic rings. The van der Waals surface area contributed by atoms with Gasteiger partial charge in [-0.1, -0.05) is 0 Å². The van der Waals surface area contributed by atoms with Crippen LogP contribution in [0.3, 0.4) is 0 Å². The third-order valence-electron chi connectivity index (χ3n) is 2.60. The highest BCUT2D eigenvalue weighted by Gasteiger charge is 2.07. The molecule has 1 heterocycles. The largest absolute Gasteiger partial charge is 0.478 e. The zero-order chi connectivity index (χ0) is 13.1. The molecule has 0 aliphatic rings. The molecule has 0 unspecified atom stereocenters. The van der Waals surface area contributed by atoms with E-state index in [-0.39, 0.29) is 0 Å². The molecule has 2 N–H and O–H groups in total. The van der Waals surface area contributed by atoms with Gasteiger partial charge in [-0.25, -0.2) is 4.79 Å². The monoisotopic (exact) mass is 325 g/mol. The molecule has 18 heavy (non-hydrogen) atoms. The number of thiophene rings is 1. The smallest absolute Gasteiger partial charge is 0.335 e. The van der Waals surface area contributed by atoms with Gasteiger partial charge in [-0.3, -0.25) is 0 Å². The summed E-state index contributed by atoms with van der Waals surface area (Å²) in [5.74, 6) is -0.889. The third kappa shape index (κ3) is 2.91. The number of aryl methyl sites for hydroxylation is 1. The van der Waals surface area contributed by atoms with Crippen LogP contribution in [0.2, 0.25) is 0 Å². The van der Waals surface area contributed by atoms with Crippen LogP contribution in [0.1, 0.15) is 20.8 Å². The van der Waals surface area contributed by atoms with Gasteiger partial charge in [0.2, 0.25) is 0 Å². The molecule has 0 bridgehead atoms. The van der Waals surface area contributed by atoms with E-state index < -0.39 is 5.97 Å². The van der Waals surface area contributed by atoms with Gasteiger partial charge in [-0.2, -0.15) is 0 Å². The number of nitrogens with one attached hydrogen (secondary N) is 1. The molecule has 0 aliphatic carbocycles. The van der Waals surface area contributed by atoms with Crippen LogP contribution in [-0.4, -0.2) is 11.1 Å². The van der Waals surface area contributed by atoms with Crippen molar-refractivity contribution >= 4 is 38.9 Å². The predicted octanol–water partition coefficient (Wildman–Crippen LogP) is 4.13. The fourth-order valence-corrected chi connectivity index (χ4v) is 3.08. The molecule has 5 heteroatoms. The number of hydrogen-bond acceptors (Lipinski definition) is 3. The fourth-order valence-electron chi connectivity index (χ4n) is 1.65. The van der Waals surface area contributed by atoms with E-state index in [0.717, 1.165) is 22.3 Å². The molecule has 0 spiro atoms. The summed E-state index contributed by atoms with van der Waals surface area (Å²) in [4.78, 5) is 12.1. The van der Waals surface area contributed by atoms with Gasteiger partial charge in [0.15, 0.2) is 0 Å². The molecule has 94 valence electrons. The lowest BCUT2D eigenvalue weighted by molar-refractivity contribution is 0.0696. The van der Waals surface area contributed by atoms with Crippen molar-refractivity contribution < 1.29 is 9.90 Å². The van der Waals surface area contributed by atoms with Crippen molar-refractivity contribution in [2.75, 3.05) is 5.32 Å². The van der Waals surface area contributed by atoms with Gasteiger partial charge in [0, 0.05) is 15.0 Å². The highest BCUT2D eigenvalue weighted by atomic mass is 79.9. The second-order valence-electron chi connectivity index (χ2n) is 3.88. The predicted molar refractivity (Wildman–Crippen MR) is 77.5 cm³/mol. The van der Waals surface area contributed by atoms with Crippen LogP contribution >= 0.6 is 27.3 Å². The molecule has 0 saturated carbocycles. The van der Waals surface area contributed by atoms with Gasteiger partial charge in [-0.15, -0.1) is 11.3 Å². The molecule has 0 aliphatic heterocycles. The van der Waals surface area contributed by atoms with Crippen molar-refractivity contribution in [2.24, 2.45) is 0 Å². The molecule has 1 aromatic carbocycles. The Morgan fingerprint density at radius 1 is 1.44 bits per heavy atom. The SMILES string of the molecule is Cc1cc(NCc2sccc2Br)ccc1C(=O)O. The lowest BCUT2D eigenvalue weighted by atomic mass is 10.1. The molecule has 0 saturated heterocycles. The number of aromatic carboxylic acids is 1. The van der Waals surface area contributed by atoms with Gasteiger partial charge in [-0.05, 0) is 58.1 Å². The fraction of sp³-hybridized carbons (Fsp3) is 0.154. The van der Waals surface area contributed by atoms with Gasteiger partial charge in [0.25, 0.3) is 0 Å². The summed E-state index contributed by atoms with van der Waals surface area (Å²) < 4.78 is 1.10. The van der Waals surface area contributed by atoms with Gasteiger partial charge >= 0.3 is 5.97 Å². The molecular weight excluding hydrogens is 314 g/mol. The van der Waals surface area contributed by atoms with Crippen molar-refractivity contribution in [1.29, 1.82) is 0 Å². The molecule has 0 amide bonds. The Morgan fingerprint density at radius 2 is 2.22 bits per heavy atom. The van der Waals surface area contributed by atoms with Crippen LogP contribution in [0, 0.1) is 6.92 Å². The molecule has 0 fully saturated rings. The Hall–Kier alpha value is -1.33. The zero-order valence-electron chi connectivity index (χ0n) is 9.74. The Labute approximate surface area is 118 Å². The molecule has 2 rings (SSSR count). The van der Waals surface area contributed by atoms with Gasteiger partial charge < -0.3 is 10.4 Å². The van der Waals surface area contributed by atoms with E-state index >= 15 is 0 Å². The summed E-state index contributed by atoms with van der Waals surface area (Å²) in [5, 5.41) is 14.3. The third-order valence-corrected chi connectivity index (χ3v) is 4.53. The van der Waals surface area contributed by atoms with E-state index in [2.05, 4.69) is 21.2 Å². The minimum absolute atomic E-state index is 0.345. The number of carbonyl (C=O) groups is 1.